The number of hydrogen-bond acceptors (Lipinski definition) is 6. The first kappa shape index (κ1) is 12.8. The zero-order valence-corrected chi connectivity index (χ0v) is 9.84. The molecule has 0 saturated heterocycles. The molecule has 0 radical (unpaired) electrons. The summed E-state index contributed by atoms with van der Waals surface area (Å²) in [7, 11) is 0. The van der Waals surface area contributed by atoms with Gasteiger partial charge in [0.2, 0.25) is 0 Å². The standard InChI is InChI=1S/C10H15N3O2S/c1-7-6-8(2-3-9(7)11)16-5-4-10(14)15-13-12/h2-3,6,13H,4-5,11-12H2,1H3. The minimum atomic E-state index is -0.373. The van der Waals surface area contributed by atoms with Gasteiger partial charge in [0.05, 0.1) is 6.42 Å². The fraction of sp³-hybridized carbons (Fsp3) is 0.300. The van der Waals surface area contributed by atoms with Crippen LogP contribution in [0.1, 0.15) is 12.0 Å². The number of thioether (sulfide) groups is 1. The number of nitrogens with one attached hydrogen (secondary N) is 1. The molecule has 1 aromatic rings. The third-order valence-electron chi connectivity index (χ3n) is 1.99. The lowest BCUT2D eigenvalue weighted by molar-refractivity contribution is -0.150. The Morgan fingerprint density at radius 2 is 2.31 bits per heavy atom. The highest BCUT2D eigenvalue weighted by molar-refractivity contribution is 7.99. The molecule has 0 aliphatic heterocycles. The van der Waals surface area contributed by atoms with Crippen molar-refractivity contribution in [1.29, 1.82) is 0 Å². The molecule has 0 aliphatic carbocycles. The minimum Gasteiger partial charge on any atom is -0.399 e. The molecule has 0 aromatic heterocycles. The Balaban J connectivity index is 2.37. The molecular weight excluding hydrogens is 226 g/mol. The van der Waals surface area contributed by atoms with Crippen molar-refractivity contribution in [2.45, 2.75) is 18.2 Å². The van der Waals surface area contributed by atoms with Crippen LogP contribution in [0.3, 0.4) is 0 Å². The Hall–Kier alpha value is -1.24. The number of nitrogens with two attached hydrogens (primary N) is 2. The quantitative estimate of drug-likeness (QED) is 0.308. The molecule has 0 unspecified atom stereocenters. The number of hydrazine groups is 1. The first-order valence-electron chi connectivity index (χ1n) is 4.77. The van der Waals surface area contributed by atoms with Crippen molar-refractivity contribution in [2.24, 2.45) is 5.84 Å². The van der Waals surface area contributed by atoms with Crippen molar-refractivity contribution in [3.63, 3.8) is 0 Å². The number of aryl methyl sites for hydroxylation is 1. The molecule has 0 saturated carbocycles. The van der Waals surface area contributed by atoms with Gasteiger partial charge in [0.1, 0.15) is 0 Å². The topological polar surface area (TPSA) is 90.4 Å². The Morgan fingerprint density at radius 3 is 2.94 bits per heavy atom. The first-order chi connectivity index (χ1) is 7.63. The van der Waals surface area contributed by atoms with Crippen LogP contribution in [0.4, 0.5) is 5.69 Å². The van der Waals surface area contributed by atoms with Gasteiger partial charge in [0.25, 0.3) is 0 Å². The summed E-state index contributed by atoms with van der Waals surface area (Å²) in [6.07, 6.45) is 0.304. The normalized spacial score (nSPS) is 10.1. The van der Waals surface area contributed by atoms with E-state index >= 15 is 0 Å². The average Bonchev–Trinajstić information content (AvgIpc) is 2.24. The van der Waals surface area contributed by atoms with Gasteiger partial charge < -0.3 is 10.6 Å². The van der Waals surface area contributed by atoms with Gasteiger partial charge in [-0.25, -0.2) is 5.84 Å². The number of nitrogen functional groups attached to an aromatic ring is 1. The lowest BCUT2D eigenvalue weighted by atomic mass is 10.2. The maximum absolute atomic E-state index is 11.0. The second-order valence-corrected chi connectivity index (χ2v) is 4.38. The van der Waals surface area contributed by atoms with Gasteiger partial charge in [0, 0.05) is 16.3 Å². The van der Waals surface area contributed by atoms with Gasteiger partial charge in [-0.05, 0) is 30.7 Å². The second kappa shape index (κ2) is 6.37. The van der Waals surface area contributed by atoms with Crippen molar-refractivity contribution < 1.29 is 9.63 Å². The number of carbonyl (C=O) groups is 1. The van der Waals surface area contributed by atoms with Crippen LogP contribution in [0, 0.1) is 6.92 Å². The fourth-order valence-corrected chi connectivity index (χ4v) is 2.04. The van der Waals surface area contributed by atoms with E-state index in [0.717, 1.165) is 16.1 Å². The predicted molar refractivity (Wildman–Crippen MR) is 64.3 cm³/mol. The molecule has 5 N–H and O–H groups in total. The Bertz CT molecular complexity index is 371. The number of rotatable bonds is 5. The van der Waals surface area contributed by atoms with Crippen LogP contribution in [-0.2, 0) is 9.63 Å². The highest BCUT2D eigenvalue weighted by atomic mass is 32.2. The molecule has 6 heteroatoms. The van der Waals surface area contributed by atoms with E-state index in [1.165, 1.54) is 0 Å². The van der Waals surface area contributed by atoms with Crippen molar-refractivity contribution in [2.75, 3.05) is 11.5 Å². The van der Waals surface area contributed by atoms with Crippen molar-refractivity contribution >= 4 is 23.4 Å². The molecule has 1 aromatic carbocycles. The summed E-state index contributed by atoms with van der Waals surface area (Å²) in [6.45, 7) is 1.95. The maximum Gasteiger partial charge on any atom is 0.327 e. The van der Waals surface area contributed by atoms with Crippen LogP contribution in [0.25, 0.3) is 0 Å². The third kappa shape index (κ3) is 4.09. The van der Waals surface area contributed by atoms with Gasteiger partial charge >= 0.3 is 5.97 Å². The number of benzene rings is 1. The molecule has 88 valence electrons. The summed E-state index contributed by atoms with van der Waals surface area (Å²) >= 11 is 1.57. The van der Waals surface area contributed by atoms with Gasteiger partial charge in [-0.3, -0.25) is 4.79 Å². The number of hydrogen-bond donors (Lipinski definition) is 3. The lowest BCUT2D eigenvalue weighted by Crippen LogP contribution is -2.26. The summed E-state index contributed by atoms with van der Waals surface area (Å²) in [5.41, 5.74) is 9.37. The van der Waals surface area contributed by atoms with Crippen LogP contribution in [0.15, 0.2) is 23.1 Å². The van der Waals surface area contributed by atoms with Gasteiger partial charge in [-0.1, -0.05) is 5.59 Å². The molecule has 0 bridgehead atoms. The van der Waals surface area contributed by atoms with Crippen molar-refractivity contribution in [3.8, 4) is 0 Å². The zero-order chi connectivity index (χ0) is 12.0. The summed E-state index contributed by atoms with van der Waals surface area (Å²) in [4.78, 5) is 16.4. The average molecular weight is 241 g/mol. The largest absolute Gasteiger partial charge is 0.399 e. The Morgan fingerprint density at radius 1 is 1.56 bits per heavy atom. The van der Waals surface area contributed by atoms with Gasteiger partial charge in [-0.15, -0.1) is 11.8 Å². The van der Waals surface area contributed by atoms with E-state index in [9.17, 15) is 4.79 Å². The summed E-state index contributed by atoms with van der Waals surface area (Å²) in [6, 6.07) is 5.78. The van der Waals surface area contributed by atoms with E-state index in [0.29, 0.717) is 12.2 Å². The highest BCUT2D eigenvalue weighted by Crippen LogP contribution is 2.22. The van der Waals surface area contributed by atoms with E-state index in [1.807, 2.05) is 30.7 Å². The third-order valence-corrected chi connectivity index (χ3v) is 2.98. The van der Waals surface area contributed by atoms with E-state index < -0.39 is 0 Å². The van der Waals surface area contributed by atoms with E-state index in [-0.39, 0.29) is 5.97 Å². The Kier molecular flexibility index (Phi) is 5.10. The van der Waals surface area contributed by atoms with E-state index in [2.05, 4.69) is 4.84 Å². The molecule has 0 heterocycles. The smallest absolute Gasteiger partial charge is 0.327 e. The zero-order valence-electron chi connectivity index (χ0n) is 9.03. The molecule has 16 heavy (non-hydrogen) atoms. The molecule has 0 spiro atoms. The van der Waals surface area contributed by atoms with Crippen LogP contribution >= 0.6 is 11.8 Å². The SMILES string of the molecule is Cc1cc(SCCC(=O)ONN)ccc1N. The van der Waals surface area contributed by atoms with Crippen molar-refractivity contribution in [3.05, 3.63) is 23.8 Å². The fourth-order valence-electron chi connectivity index (χ4n) is 1.11. The van der Waals surface area contributed by atoms with Crippen molar-refractivity contribution in [1.82, 2.24) is 5.59 Å². The molecule has 0 aliphatic rings. The minimum absolute atomic E-state index is 0.304. The predicted octanol–water partition coefficient (Wildman–Crippen LogP) is 0.981. The first-order valence-corrected chi connectivity index (χ1v) is 5.76. The van der Waals surface area contributed by atoms with Crippen LogP contribution in [0.5, 0.6) is 0 Å². The number of anilines is 1. The second-order valence-electron chi connectivity index (χ2n) is 3.21. The van der Waals surface area contributed by atoms with E-state index in [4.69, 9.17) is 11.6 Å². The molecular formula is C10H15N3O2S. The summed E-state index contributed by atoms with van der Waals surface area (Å²) in [5.74, 6) is 5.10. The monoisotopic (exact) mass is 241 g/mol. The highest BCUT2D eigenvalue weighted by Gasteiger charge is 2.03. The molecule has 0 amide bonds. The maximum atomic E-state index is 11.0. The molecule has 0 fully saturated rings. The van der Waals surface area contributed by atoms with Crippen LogP contribution in [0.2, 0.25) is 0 Å². The Labute approximate surface area is 98.4 Å². The number of carbonyl (C=O) groups excluding carboxylic acids is 1. The van der Waals surface area contributed by atoms with Gasteiger partial charge in [-0.2, -0.15) is 0 Å². The van der Waals surface area contributed by atoms with Crippen LogP contribution in [-0.4, -0.2) is 11.7 Å². The molecule has 0 atom stereocenters. The lowest BCUT2D eigenvalue weighted by Gasteiger charge is -2.04. The summed E-state index contributed by atoms with van der Waals surface area (Å²) in [5, 5.41) is 0. The molecule has 1 rings (SSSR count). The summed E-state index contributed by atoms with van der Waals surface area (Å²) < 4.78 is 0. The van der Waals surface area contributed by atoms with E-state index in [1.54, 1.807) is 11.8 Å². The van der Waals surface area contributed by atoms with Gasteiger partial charge in [0.15, 0.2) is 0 Å². The molecule has 5 nitrogen and oxygen atoms in total. The van der Waals surface area contributed by atoms with Crippen LogP contribution < -0.4 is 17.2 Å².